The van der Waals surface area contributed by atoms with Gasteiger partial charge in [0.25, 0.3) is 0 Å². The summed E-state index contributed by atoms with van der Waals surface area (Å²) >= 11 is 1.11. The molecule has 0 radical (unpaired) electrons. The first-order valence-electron chi connectivity index (χ1n) is 11.6. The molecule has 3 rings (SSSR count). The lowest BCUT2D eigenvalue weighted by atomic mass is 9.86. The second-order valence-corrected chi connectivity index (χ2v) is 10.2. The van der Waals surface area contributed by atoms with Crippen LogP contribution < -0.4 is 0 Å². The molecule has 0 N–H and O–H groups in total. The van der Waals surface area contributed by atoms with Gasteiger partial charge in [-0.05, 0) is 89.6 Å². The van der Waals surface area contributed by atoms with Crippen molar-refractivity contribution in [2.75, 3.05) is 6.26 Å². The van der Waals surface area contributed by atoms with Gasteiger partial charge in [-0.25, -0.2) is 0 Å². The molecule has 2 unspecified atom stereocenters. The first-order valence-corrected chi connectivity index (χ1v) is 12.8. The largest absolute Gasteiger partial charge is 0.416 e. The van der Waals surface area contributed by atoms with E-state index in [0.29, 0.717) is 16.0 Å². The molecule has 3 aromatic rings. The van der Waals surface area contributed by atoms with Crippen LogP contribution in [-0.2, 0) is 31.4 Å². The second kappa shape index (κ2) is 11.2. The smallest absolute Gasteiger partial charge is 0.166 e. The van der Waals surface area contributed by atoms with Crippen LogP contribution in [0.3, 0.4) is 0 Å². The van der Waals surface area contributed by atoms with E-state index in [1.54, 1.807) is 19.2 Å². The quantitative estimate of drug-likeness (QED) is 0.203. The summed E-state index contributed by atoms with van der Waals surface area (Å²) in [4.78, 5) is 0.359. The third kappa shape index (κ3) is 7.48. The molecule has 0 aliphatic rings. The molecule has 0 aliphatic carbocycles. The van der Waals surface area contributed by atoms with E-state index in [2.05, 4.69) is 0 Å². The summed E-state index contributed by atoms with van der Waals surface area (Å²) in [5, 5.41) is 0. The molecule has 38 heavy (non-hydrogen) atoms. The molecule has 0 bridgehead atoms. The van der Waals surface area contributed by atoms with Crippen LogP contribution in [0.5, 0.6) is 0 Å². The molecule has 0 amide bonds. The Morgan fingerprint density at radius 2 is 1.18 bits per heavy atom. The summed E-state index contributed by atoms with van der Waals surface area (Å²) in [6.45, 7) is 3.29. The maximum Gasteiger partial charge on any atom is 0.416 e. The van der Waals surface area contributed by atoms with Gasteiger partial charge in [-0.1, -0.05) is 38.1 Å². The first-order chi connectivity index (χ1) is 17.5. The van der Waals surface area contributed by atoms with Gasteiger partial charge in [-0.15, -0.1) is 11.8 Å². The molecule has 0 fully saturated rings. The lowest BCUT2D eigenvalue weighted by molar-refractivity contribution is -0.139. The van der Waals surface area contributed by atoms with Crippen LogP contribution >= 0.6 is 11.8 Å². The molecule has 10 heteroatoms. The van der Waals surface area contributed by atoms with Crippen LogP contribution in [0.15, 0.2) is 65.6 Å². The van der Waals surface area contributed by atoms with Gasteiger partial charge in [0.15, 0.2) is 0 Å². The molecule has 2 atom stereocenters. The zero-order valence-corrected chi connectivity index (χ0v) is 21.5. The maximum absolute atomic E-state index is 13.8. The number of thioether (sulfide) groups is 1. The van der Waals surface area contributed by atoms with Crippen LogP contribution in [0.25, 0.3) is 0 Å². The number of benzene rings is 3. The summed E-state index contributed by atoms with van der Waals surface area (Å²) in [5.74, 6) is -1.05. The van der Waals surface area contributed by atoms with Gasteiger partial charge in [0.1, 0.15) is 0 Å². The Kier molecular flexibility index (Phi) is 8.85. The van der Waals surface area contributed by atoms with Crippen molar-refractivity contribution in [1.82, 2.24) is 0 Å². The third-order valence-electron chi connectivity index (χ3n) is 6.37. The average molecular weight is 565 g/mol. The SMILES string of the molecule is CSc1cc(CC(C)c2cc(CC(C)c3ccc(C(F)(F)F)cc3)ccc2C(F)(F)F)cc(C(F)(F)F)c1. The average Bonchev–Trinajstić information content (AvgIpc) is 2.82. The molecule has 206 valence electrons. The van der Waals surface area contributed by atoms with Crippen molar-refractivity contribution >= 4 is 11.8 Å². The fourth-order valence-electron chi connectivity index (χ4n) is 4.40. The van der Waals surface area contributed by atoms with E-state index in [1.165, 1.54) is 31.2 Å². The lowest BCUT2D eigenvalue weighted by Crippen LogP contribution is -2.14. The summed E-state index contributed by atoms with van der Waals surface area (Å²) < 4.78 is 120. The highest BCUT2D eigenvalue weighted by Gasteiger charge is 2.35. The highest BCUT2D eigenvalue weighted by molar-refractivity contribution is 7.98. The van der Waals surface area contributed by atoms with E-state index in [4.69, 9.17) is 0 Å². The summed E-state index contributed by atoms with van der Waals surface area (Å²) in [5.41, 5.74) is -1.15. The molecule has 0 saturated heterocycles. The Morgan fingerprint density at radius 3 is 1.71 bits per heavy atom. The van der Waals surface area contributed by atoms with Crippen LogP contribution in [0.1, 0.15) is 64.6 Å². The highest BCUT2D eigenvalue weighted by atomic mass is 32.2. The Labute approximate surface area is 219 Å². The van der Waals surface area contributed by atoms with Crippen molar-refractivity contribution in [3.8, 4) is 0 Å². The minimum Gasteiger partial charge on any atom is -0.166 e. The van der Waals surface area contributed by atoms with Crippen molar-refractivity contribution in [3.05, 3.63) is 99.6 Å². The molecule has 0 aromatic heterocycles. The molecule has 0 aliphatic heterocycles. The monoisotopic (exact) mass is 564 g/mol. The van der Waals surface area contributed by atoms with Gasteiger partial charge in [0.2, 0.25) is 0 Å². The fraction of sp³-hybridized carbons (Fsp3) is 0.357. The minimum atomic E-state index is -4.67. The van der Waals surface area contributed by atoms with Crippen molar-refractivity contribution in [2.45, 2.75) is 61.9 Å². The van der Waals surface area contributed by atoms with Gasteiger partial charge in [-0.3, -0.25) is 0 Å². The third-order valence-corrected chi connectivity index (χ3v) is 7.08. The standard InChI is InChI=1S/C28H25F9S/c1-16(20-5-7-21(8-6-20)26(29,30)31)10-18-4-9-25(28(35,36)37)24(14-18)17(2)11-19-12-22(27(32,33)34)15-23(13-19)38-3/h4-9,12-17H,10-11H2,1-3H3. The van der Waals surface area contributed by atoms with Crippen LogP contribution in [0.2, 0.25) is 0 Å². The highest BCUT2D eigenvalue weighted by Crippen LogP contribution is 2.39. The molecule has 3 aromatic carbocycles. The molecular weight excluding hydrogens is 539 g/mol. The zero-order chi connectivity index (χ0) is 28.5. The zero-order valence-electron chi connectivity index (χ0n) is 20.7. The van der Waals surface area contributed by atoms with Crippen LogP contribution in [-0.4, -0.2) is 6.26 Å². The predicted molar refractivity (Wildman–Crippen MR) is 130 cm³/mol. The number of hydrogen-bond acceptors (Lipinski definition) is 1. The fourth-order valence-corrected chi connectivity index (χ4v) is 4.91. The molecule has 0 spiro atoms. The lowest BCUT2D eigenvalue weighted by Gasteiger charge is -2.22. The number of halogens is 9. The van der Waals surface area contributed by atoms with Crippen molar-refractivity contribution in [3.63, 3.8) is 0 Å². The van der Waals surface area contributed by atoms with E-state index in [0.717, 1.165) is 42.1 Å². The number of hydrogen-bond donors (Lipinski definition) is 0. The Bertz CT molecular complexity index is 1240. The normalized spacial score (nSPS) is 14.4. The van der Waals surface area contributed by atoms with Crippen molar-refractivity contribution in [1.29, 1.82) is 0 Å². The Balaban J connectivity index is 1.91. The molecule has 0 nitrogen and oxygen atoms in total. The predicted octanol–water partition coefficient (Wildman–Crippen LogP) is 10.2. The van der Waals surface area contributed by atoms with Crippen LogP contribution in [0, 0.1) is 0 Å². The summed E-state index contributed by atoms with van der Waals surface area (Å²) in [6.07, 6.45) is -11.9. The molecule has 0 heterocycles. The van der Waals surface area contributed by atoms with Crippen molar-refractivity contribution < 1.29 is 39.5 Å². The van der Waals surface area contributed by atoms with Gasteiger partial charge in [0.05, 0.1) is 16.7 Å². The molecule has 0 saturated carbocycles. The van der Waals surface area contributed by atoms with Gasteiger partial charge >= 0.3 is 18.5 Å². The maximum atomic E-state index is 13.8. The summed E-state index contributed by atoms with van der Waals surface area (Å²) in [6, 6.07) is 11.8. The summed E-state index contributed by atoms with van der Waals surface area (Å²) in [7, 11) is 0. The second-order valence-electron chi connectivity index (χ2n) is 9.32. The van der Waals surface area contributed by atoms with E-state index in [1.807, 2.05) is 0 Å². The van der Waals surface area contributed by atoms with Gasteiger partial charge in [0, 0.05) is 4.90 Å². The van der Waals surface area contributed by atoms with Gasteiger partial charge < -0.3 is 0 Å². The topological polar surface area (TPSA) is 0 Å². The van der Waals surface area contributed by atoms with E-state index >= 15 is 0 Å². The van der Waals surface area contributed by atoms with Crippen molar-refractivity contribution in [2.24, 2.45) is 0 Å². The minimum absolute atomic E-state index is 0.0432. The number of rotatable bonds is 7. The first kappa shape index (κ1) is 29.9. The van der Waals surface area contributed by atoms with E-state index in [-0.39, 0.29) is 29.9 Å². The van der Waals surface area contributed by atoms with E-state index < -0.39 is 41.1 Å². The van der Waals surface area contributed by atoms with Gasteiger partial charge in [-0.2, -0.15) is 39.5 Å². The Morgan fingerprint density at radius 1 is 0.605 bits per heavy atom. The molecular formula is C28H25F9S. The Hall–Kier alpha value is -2.62. The van der Waals surface area contributed by atoms with Crippen LogP contribution in [0.4, 0.5) is 39.5 Å². The van der Waals surface area contributed by atoms with E-state index in [9.17, 15) is 39.5 Å². The number of alkyl halides is 9.